The Morgan fingerprint density at radius 2 is 0.419 bits per heavy atom. The Labute approximate surface area is 579 Å². The van der Waals surface area contributed by atoms with Crippen molar-refractivity contribution in [3.05, 3.63) is 95.1 Å². The van der Waals surface area contributed by atoms with Crippen molar-refractivity contribution in [3.63, 3.8) is 0 Å². The maximum Gasteiger partial charge on any atom is 2.00 e. The van der Waals surface area contributed by atoms with Crippen LogP contribution in [-0.4, -0.2) is 74.5 Å². The van der Waals surface area contributed by atoms with Crippen molar-refractivity contribution in [2.75, 3.05) is 0 Å². The maximum absolute atomic E-state index is 8.98. The van der Waals surface area contributed by atoms with Crippen molar-refractivity contribution in [1.29, 1.82) is 0 Å². The zero-order chi connectivity index (χ0) is 68.4. The van der Waals surface area contributed by atoms with Gasteiger partial charge in [0.15, 0.2) is 23.3 Å². The van der Waals surface area contributed by atoms with E-state index in [0.717, 1.165) is 0 Å². The van der Waals surface area contributed by atoms with E-state index >= 15 is 0 Å². The minimum atomic E-state index is -0.889. The van der Waals surface area contributed by atoms with Gasteiger partial charge in [0.05, 0.1) is 23.3 Å². The van der Waals surface area contributed by atoms with Crippen LogP contribution in [0, 0.1) is 0 Å². The summed E-state index contributed by atoms with van der Waals surface area (Å²) in [7, 11) is 0. The van der Waals surface area contributed by atoms with E-state index in [4.69, 9.17) is 4.79 Å². The average molecular weight is 1360 g/mol. The summed E-state index contributed by atoms with van der Waals surface area (Å²) in [5.41, 5.74) is 4.89. The molecule has 20 heteroatoms. The molecular weight excluding hydrogens is 1250 g/mol. The smallest absolute Gasteiger partial charge is 0.358 e. The first-order valence-electron chi connectivity index (χ1n) is 34.4. The van der Waals surface area contributed by atoms with Crippen LogP contribution in [0.5, 0.6) is 0 Å². The number of unbranched alkanes of at least 4 members (excludes halogenated alkanes) is 16. The Hall–Kier alpha value is -6.60. The van der Waals surface area contributed by atoms with Crippen LogP contribution in [0.25, 0.3) is 93.8 Å². The van der Waals surface area contributed by atoms with E-state index in [2.05, 4.69) is 214 Å². The Morgan fingerprint density at radius 1 is 0.269 bits per heavy atom. The fourth-order valence-corrected chi connectivity index (χ4v) is 7.59. The zero-order valence-electron chi connectivity index (χ0n) is 59.5. The SMILES string of the molecule is C1=Cc2nc1nc1ccc(nc3nc(nc4ccc(n2)[n-]4)C=C3)[n-]1.C1=Cc2nc1nc1nc(nc3ccc(nc4ccc(n2)[nH]4)[nH]3)C=C1.CCCCC.CCCCC.CCCCC.CCCCC.CCCCC.CCCCC.CCCCC.CCCCC.O=C(Cl)Cl.[Co+2]. The van der Waals surface area contributed by atoms with Crippen LogP contribution in [0.3, 0.4) is 0 Å². The first kappa shape index (κ1) is 88.5. The third kappa shape index (κ3) is 46.2. The van der Waals surface area contributed by atoms with Gasteiger partial charge in [0, 0.05) is 22.6 Å². The summed E-state index contributed by atoms with van der Waals surface area (Å²) in [5, 5.41) is 0. The van der Waals surface area contributed by atoms with Crippen molar-refractivity contribution >= 4 is 122 Å². The molecule has 2 N–H and O–H groups in total. The Balaban J connectivity index is 0. The second-order valence-corrected chi connectivity index (χ2v) is 22.3. The summed E-state index contributed by atoms with van der Waals surface area (Å²) in [4.78, 5) is 76.5. The van der Waals surface area contributed by atoms with Gasteiger partial charge in [-0.25, -0.2) is 39.9 Å². The van der Waals surface area contributed by atoms with E-state index < -0.39 is 4.70 Å². The van der Waals surface area contributed by atoms with Gasteiger partial charge in [0.25, 0.3) is 0 Å². The number of hydrogen-bond donors (Lipinski definition) is 2. The van der Waals surface area contributed by atoms with Gasteiger partial charge in [-0.15, -0.1) is 0 Å². The number of rotatable bonds is 16. The molecule has 0 fully saturated rings. The van der Waals surface area contributed by atoms with Crippen LogP contribution in [0.1, 0.15) is 311 Å². The molecule has 0 aromatic carbocycles. The minimum Gasteiger partial charge on any atom is -0.358 e. The molecule has 0 amide bonds. The molecule has 4 aliphatic heterocycles. The largest absolute Gasteiger partial charge is 2.00 e. The van der Waals surface area contributed by atoms with Crippen LogP contribution < -0.4 is 9.97 Å². The van der Waals surface area contributed by atoms with Crippen LogP contribution in [0.15, 0.2) is 48.5 Å². The van der Waals surface area contributed by atoms with E-state index in [9.17, 15) is 0 Å². The number of aromatic nitrogens is 16. The van der Waals surface area contributed by atoms with Crippen LogP contribution in [-0.2, 0) is 16.8 Å². The summed E-state index contributed by atoms with van der Waals surface area (Å²) in [6.07, 6.45) is 46.9. The third-order valence-corrected chi connectivity index (χ3v) is 12.5. The molecule has 16 bridgehead atoms. The fraction of sp³-hybridized carbons (Fsp3) is 0.548. The normalized spacial score (nSPS) is 10.4. The number of fused-ring (bicyclic) bond motifs is 16. The number of carbonyl (C=O) groups is 1. The van der Waals surface area contributed by atoms with E-state index in [1.807, 2.05) is 24.3 Å². The van der Waals surface area contributed by atoms with Crippen molar-refractivity contribution in [3.8, 4) is 0 Å². The van der Waals surface area contributed by atoms with Crippen molar-refractivity contribution < 1.29 is 21.6 Å². The summed E-state index contributed by atoms with van der Waals surface area (Å²) >= 11 is 8.80. The molecule has 0 atom stereocenters. The number of nitrogens with zero attached hydrogens (tertiary/aromatic N) is 14. The van der Waals surface area contributed by atoms with Crippen LogP contribution in [0.4, 0.5) is 4.79 Å². The topological polar surface area (TPSA) is 232 Å². The van der Waals surface area contributed by atoms with E-state index in [1.165, 1.54) is 154 Å². The molecule has 10 heterocycles. The molecule has 93 heavy (non-hydrogen) atoms. The first-order valence-corrected chi connectivity index (χ1v) is 35.2. The summed E-state index contributed by atoms with van der Waals surface area (Å²) in [6.45, 7) is 35.4. The van der Waals surface area contributed by atoms with Gasteiger partial charge in [0.1, 0.15) is 22.6 Å². The number of hydrogen-bond acceptors (Lipinski definition) is 13. The number of aromatic amines is 2. The summed E-state index contributed by atoms with van der Waals surface area (Å²) < 4.78 is -0.889. The van der Waals surface area contributed by atoms with E-state index in [-0.39, 0.29) is 16.8 Å². The van der Waals surface area contributed by atoms with Gasteiger partial charge in [-0.05, 0) is 120 Å². The zero-order valence-corrected chi connectivity index (χ0v) is 62.0. The molecule has 1 radical (unpaired) electrons. The van der Waals surface area contributed by atoms with Crippen LogP contribution >= 0.6 is 23.2 Å². The first-order chi connectivity index (χ1) is 44.6. The van der Waals surface area contributed by atoms with E-state index in [0.29, 0.717) is 91.8 Å². The molecular formula is C73H114Cl2CoN16O. The number of H-pyrrole nitrogens is 2. The van der Waals surface area contributed by atoms with Crippen molar-refractivity contribution in [2.45, 2.75) is 265 Å². The minimum absolute atomic E-state index is 0. The van der Waals surface area contributed by atoms with Crippen LogP contribution in [0.2, 0.25) is 0 Å². The standard InChI is InChI=1S/C16H10N8.C16H8N8.8C5H12.CCl2O.Co/c2*1-2-10-17-9(1)21-11-3-4-13(18-11)23-15-7-8-16(20-15)24-14-6-5-12(19-14)22-10;8*1-3-5-4-2;2-1(3)4;/h1-8H,(H2,17,18,19,20,21,22,23,24);1-8H;8*3-5H2,1-2H3;;/q;-2;;;;;;;;;;+2. The average Bonchev–Trinajstić information content (AvgIpc) is 2.44. The number of nitrogens with one attached hydrogen (secondary N) is 2. The van der Waals surface area contributed by atoms with Gasteiger partial charge in [-0.2, -0.15) is 0 Å². The monoisotopic (exact) mass is 1360 g/mol. The molecule has 4 aliphatic rings. The molecule has 6 aromatic rings. The molecule has 0 aliphatic carbocycles. The van der Waals surface area contributed by atoms with E-state index in [1.54, 1.807) is 72.9 Å². The van der Waals surface area contributed by atoms with Gasteiger partial charge in [-0.1, -0.05) is 265 Å². The third-order valence-electron chi connectivity index (χ3n) is 12.5. The number of halogens is 2. The van der Waals surface area contributed by atoms with Crippen molar-refractivity contribution in [2.24, 2.45) is 0 Å². The molecule has 17 nitrogen and oxygen atoms in total. The van der Waals surface area contributed by atoms with Gasteiger partial charge < -0.3 is 39.9 Å². The Kier molecular flexibility index (Phi) is 57.4. The predicted octanol–water partition coefficient (Wildman–Crippen LogP) is 22.9. The van der Waals surface area contributed by atoms with Crippen molar-refractivity contribution in [1.82, 2.24) is 79.7 Å². The summed E-state index contributed by atoms with van der Waals surface area (Å²) in [6, 6.07) is 14.5. The van der Waals surface area contributed by atoms with Gasteiger partial charge in [-0.3, -0.25) is 4.79 Å². The van der Waals surface area contributed by atoms with Gasteiger partial charge >= 0.3 is 21.5 Å². The molecule has 0 unspecified atom stereocenters. The predicted molar refractivity (Wildman–Crippen MR) is 397 cm³/mol. The second kappa shape index (κ2) is 60.3. The van der Waals surface area contributed by atoms with Gasteiger partial charge in [0.2, 0.25) is 0 Å². The number of carbonyl (C=O) groups excluding carboxylic acids is 1. The molecule has 6 aromatic heterocycles. The molecule has 0 saturated heterocycles. The Bertz CT molecular complexity index is 2940. The molecule has 0 saturated carbocycles. The molecule has 0 spiro atoms. The second-order valence-electron chi connectivity index (χ2n) is 21.4. The quantitative estimate of drug-likeness (QED) is 0.0857. The fourth-order valence-electron chi connectivity index (χ4n) is 7.59. The Morgan fingerprint density at radius 3 is 0.581 bits per heavy atom. The maximum atomic E-state index is 8.98. The summed E-state index contributed by atoms with van der Waals surface area (Å²) in [5.74, 6) is 4.42. The molecule has 515 valence electrons. The molecule has 10 rings (SSSR count).